The van der Waals surface area contributed by atoms with Gasteiger partial charge in [0, 0.05) is 11.8 Å². The van der Waals surface area contributed by atoms with Crippen molar-refractivity contribution in [2.45, 2.75) is 28.9 Å². The number of benzene rings is 2. The predicted molar refractivity (Wildman–Crippen MR) is 88.4 cm³/mol. The molecule has 1 saturated carbocycles. The number of halogens is 2. The van der Waals surface area contributed by atoms with Crippen LogP contribution in [0.25, 0.3) is 0 Å². The molecule has 1 aliphatic rings. The monoisotopic (exact) mass is 378 g/mol. The fraction of sp³-hybridized carbons (Fsp3) is 0.294. The van der Waals surface area contributed by atoms with Gasteiger partial charge in [0.2, 0.25) is 0 Å². The summed E-state index contributed by atoms with van der Waals surface area (Å²) < 4.78 is 0.00448. The van der Waals surface area contributed by atoms with Crippen molar-refractivity contribution in [1.29, 1.82) is 0 Å². The fourth-order valence-corrected chi connectivity index (χ4v) is 4.55. The zero-order chi connectivity index (χ0) is 13.6. The number of rotatable bonds is 2. The van der Waals surface area contributed by atoms with Gasteiger partial charge in [-0.2, -0.15) is 0 Å². The Morgan fingerprint density at radius 2 is 1.00 bits per heavy atom. The molecule has 3 rings (SSSR count). The summed E-state index contributed by atoms with van der Waals surface area (Å²) in [5.41, 5.74) is 5.41. The quantitative estimate of drug-likeness (QED) is 0.589. The fourth-order valence-electron chi connectivity index (χ4n) is 2.70. The second kappa shape index (κ2) is 4.75. The Morgan fingerprint density at radius 1 is 0.684 bits per heavy atom. The summed E-state index contributed by atoms with van der Waals surface area (Å²) in [6.07, 6.45) is 0. The molecule has 98 valence electrons. The van der Waals surface area contributed by atoms with E-state index in [0.717, 1.165) is 0 Å². The van der Waals surface area contributed by atoms with Crippen LogP contribution in [0.5, 0.6) is 0 Å². The molecule has 0 saturated heterocycles. The lowest BCUT2D eigenvalue weighted by Gasteiger charge is -2.02. The normalized spacial score (nSPS) is 24.2. The summed E-state index contributed by atoms with van der Waals surface area (Å²) in [4.78, 5) is 0. The van der Waals surface area contributed by atoms with Crippen molar-refractivity contribution in [3.05, 3.63) is 70.8 Å². The lowest BCUT2D eigenvalue weighted by Crippen LogP contribution is -1.88. The van der Waals surface area contributed by atoms with Crippen LogP contribution in [-0.4, -0.2) is 3.23 Å². The van der Waals surface area contributed by atoms with Crippen molar-refractivity contribution >= 4 is 31.9 Å². The van der Waals surface area contributed by atoms with E-state index in [1.54, 1.807) is 0 Å². The molecule has 2 unspecified atom stereocenters. The molecule has 2 aromatic carbocycles. The first-order valence-electron chi connectivity index (χ1n) is 6.51. The van der Waals surface area contributed by atoms with Gasteiger partial charge >= 0.3 is 0 Å². The maximum Gasteiger partial charge on any atom is 0.0954 e. The van der Waals surface area contributed by atoms with Crippen LogP contribution in [0.1, 0.15) is 34.1 Å². The second-order valence-corrected chi connectivity index (χ2v) is 9.14. The smallest absolute Gasteiger partial charge is 0.0713 e. The molecule has 0 heterocycles. The summed E-state index contributed by atoms with van der Waals surface area (Å²) in [6, 6.07) is 17.7. The Balaban J connectivity index is 1.92. The Labute approximate surface area is 131 Å². The summed E-state index contributed by atoms with van der Waals surface area (Å²) in [7, 11) is 0. The predicted octanol–water partition coefficient (Wildman–Crippen LogP) is 5.67. The van der Waals surface area contributed by atoms with Crippen molar-refractivity contribution < 1.29 is 0 Å². The van der Waals surface area contributed by atoms with Crippen LogP contribution in [0.4, 0.5) is 0 Å². The van der Waals surface area contributed by atoms with Crippen molar-refractivity contribution in [3.63, 3.8) is 0 Å². The molecule has 19 heavy (non-hydrogen) atoms. The molecule has 0 aliphatic heterocycles. The van der Waals surface area contributed by atoms with Crippen molar-refractivity contribution in [3.8, 4) is 0 Å². The zero-order valence-electron chi connectivity index (χ0n) is 11.0. The SMILES string of the molecule is Cc1ccc(C2C(c3ccc(C)cc3)C2(Br)Br)cc1. The van der Waals surface area contributed by atoms with Gasteiger partial charge in [-0.25, -0.2) is 0 Å². The summed E-state index contributed by atoms with van der Waals surface area (Å²) in [5.74, 6) is 0.992. The number of alkyl halides is 2. The molecule has 1 aliphatic carbocycles. The topological polar surface area (TPSA) is 0 Å². The largest absolute Gasteiger partial charge is 0.0954 e. The van der Waals surface area contributed by atoms with Gasteiger partial charge in [0.1, 0.15) is 0 Å². The van der Waals surface area contributed by atoms with Gasteiger partial charge in [-0.15, -0.1) is 0 Å². The van der Waals surface area contributed by atoms with E-state index in [1.165, 1.54) is 22.3 Å². The van der Waals surface area contributed by atoms with Gasteiger partial charge in [-0.3, -0.25) is 0 Å². The standard InChI is InChI=1S/C17H16Br2/c1-11-3-7-13(8-4-11)15-16(17(15,18)19)14-9-5-12(2)6-10-14/h3-10,15-16H,1-2H3. The van der Waals surface area contributed by atoms with Gasteiger partial charge in [0.25, 0.3) is 0 Å². The highest BCUT2D eigenvalue weighted by Crippen LogP contribution is 2.72. The van der Waals surface area contributed by atoms with E-state index in [1.807, 2.05) is 0 Å². The van der Waals surface area contributed by atoms with Crippen LogP contribution in [0.3, 0.4) is 0 Å². The van der Waals surface area contributed by atoms with Crippen molar-refractivity contribution in [2.75, 3.05) is 0 Å². The van der Waals surface area contributed by atoms with Gasteiger partial charge < -0.3 is 0 Å². The van der Waals surface area contributed by atoms with Crippen LogP contribution >= 0.6 is 31.9 Å². The maximum atomic E-state index is 3.85. The Hall–Kier alpha value is -0.600. The van der Waals surface area contributed by atoms with E-state index >= 15 is 0 Å². The van der Waals surface area contributed by atoms with E-state index in [2.05, 4.69) is 94.2 Å². The first-order chi connectivity index (χ1) is 9.00. The second-order valence-electron chi connectivity index (χ2n) is 5.45. The molecule has 0 N–H and O–H groups in total. The van der Waals surface area contributed by atoms with Gasteiger partial charge in [0.05, 0.1) is 3.23 Å². The summed E-state index contributed by atoms with van der Waals surface area (Å²) in [6.45, 7) is 4.26. The van der Waals surface area contributed by atoms with Gasteiger partial charge in [0.15, 0.2) is 0 Å². The molecule has 2 heteroatoms. The van der Waals surface area contributed by atoms with E-state index < -0.39 is 0 Å². The molecule has 0 spiro atoms. The van der Waals surface area contributed by atoms with Crippen molar-refractivity contribution in [1.82, 2.24) is 0 Å². The molecular formula is C17H16Br2. The molecule has 2 atom stereocenters. The third-order valence-corrected chi connectivity index (χ3v) is 5.90. The van der Waals surface area contributed by atoms with E-state index in [-0.39, 0.29) is 3.23 Å². The maximum absolute atomic E-state index is 3.85. The highest BCUT2D eigenvalue weighted by Gasteiger charge is 2.62. The van der Waals surface area contributed by atoms with Gasteiger partial charge in [-0.1, -0.05) is 91.5 Å². The Bertz CT molecular complexity index is 528. The third-order valence-electron chi connectivity index (χ3n) is 3.93. The minimum atomic E-state index is 0.00448. The van der Waals surface area contributed by atoms with Crippen LogP contribution in [-0.2, 0) is 0 Å². The first-order valence-corrected chi connectivity index (χ1v) is 8.09. The number of hydrogen-bond acceptors (Lipinski definition) is 0. The summed E-state index contributed by atoms with van der Waals surface area (Å²) in [5, 5.41) is 0. The Kier molecular flexibility index (Phi) is 3.34. The molecule has 0 aromatic heterocycles. The minimum absolute atomic E-state index is 0.00448. The first kappa shape index (κ1) is 13.4. The number of aryl methyl sites for hydroxylation is 2. The van der Waals surface area contributed by atoms with E-state index in [9.17, 15) is 0 Å². The van der Waals surface area contributed by atoms with Crippen molar-refractivity contribution in [2.24, 2.45) is 0 Å². The highest BCUT2D eigenvalue weighted by molar-refractivity contribution is 9.25. The molecule has 1 fully saturated rings. The van der Waals surface area contributed by atoms with Crippen LogP contribution in [0.2, 0.25) is 0 Å². The Morgan fingerprint density at radius 3 is 1.32 bits per heavy atom. The summed E-state index contributed by atoms with van der Waals surface area (Å²) >= 11 is 7.69. The average molecular weight is 380 g/mol. The highest BCUT2D eigenvalue weighted by atomic mass is 79.9. The van der Waals surface area contributed by atoms with Gasteiger partial charge in [-0.05, 0) is 25.0 Å². The lowest BCUT2D eigenvalue weighted by atomic mass is 10.0. The molecule has 0 radical (unpaired) electrons. The third kappa shape index (κ3) is 2.41. The molecule has 0 nitrogen and oxygen atoms in total. The van der Waals surface area contributed by atoms with E-state index in [0.29, 0.717) is 11.8 Å². The zero-order valence-corrected chi connectivity index (χ0v) is 14.2. The number of hydrogen-bond donors (Lipinski definition) is 0. The van der Waals surface area contributed by atoms with Crippen LogP contribution in [0.15, 0.2) is 48.5 Å². The minimum Gasteiger partial charge on any atom is -0.0713 e. The average Bonchev–Trinajstić information content (AvgIpc) is 2.94. The molecule has 0 bridgehead atoms. The van der Waals surface area contributed by atoms with Crippen LogP contribution in [0, 0.1) is 13.8 Å². The molecule has 2 aromatic rings. The van der Waals surface area contributed by atoms with Crippen LogP contribution < -0.4 is 0 Å². The molecular weight excluding hydrogens is 364 g/mol. The molecule has 0 amide bonds. The van der Waals surface area contributed by atoms with E-state index in [4.69, 9.17) is 0 Å². The lowest BCUT2D eigenvalue weighted by molar-refractivity contribution is 1.02.